The number of hydrogen-bond acceptors (Lipinski definition) is 5. The predicted molar refractivity (Wildman–Crippen MR) is 117 cm³/mol. The molecule has 1 aliphatic carbocycles. The molecule has 2 aliphatic rings. The van der Waals surface area contributed by atoms with Gasteiger partial charge in [0, 0.05) is 50.2 Å². The lowest BCUT2D eigenvalue weighted by Gasteiger charge is -2.36. The van der Waals surface area contributed by atoms with Crippen LogP contribution in [0, 0.1) is 12.7 Å². The van der Waals surface area contributed by atoms with Crippen molar-refractivity contribution in [1.82, 2.24) is 9.97 Å². The average molecular weight is 396 g/mol. The number of aromatic nitrogens is 2. The molecule has 1 N–H and O–H groups in total. The number of piperazine rings is 1. The maximum absolute atomic E-state index is 13.2. The monoisotopic (exact) mass is 395 g/mol. The van der Waals surface area contributed by atoms with Crippen LogP contribution in [0.4, 0.5) is 21.8 Å². The molecule has 29 heavy (non-hydrogen) atoms. The summed E-state index contributed by atoms with van der Waals surface area (Å²) >= 11 is 0. The van der Waals surface area contributed by atoms with E-state index in [2.05, 4.69) is 26.2 Å². The molecule has 6 heteroatoms. The summed E-state index contributed by atoms with van der Waals surface area (Å²) in [5.74, 6) is 1.51. The first-order chi connectivity index (χ1) is 14.2. The molecule has 0 unspecified atom stereocenters. The van der Waals surface area contributed by atoms with Crippen LogP contribution in [0.1, 0.15) is 37.8 Å². The molecule has 1 aliphatic heterocycles. The number of anilines is 3. The van der Waals surface area contributed by atoms with Crippen molar-refractivity contribution in [3.05, 3.63) is 53.5 Å². The fraction of sp³-hybridized carbons (Fsp3) is 0.478. The van der Waals surface area contributed by atoms with E-state index in [1.54, 1.807) is 5.57 Å². The molecule has 0 amide bonds. The Kier molecular flexibility index (Phi) is 6.27. The molecule has 5 nitrogen and oxygen atoms in total. The van der Waals surface area contributed by atoms with E-state index in [0.717, 1.165) is 62.3 Å². The molecule has 1 saturated heterocycles. The van der Waals surface area contributed by atoms with Gasteiger partial charge in [0.15, 0.2) is 0 Å². The molecule has 2 heterocycles. The van der Waals surface area contributed by atoms with Gasteiger partial charge in [0.2, 0.25) is 5.95 Å². The summed E-state index contributed by atoms with van der Waals surface area (Å²) in [4.78, 5) is 13.9. The Morgan fingerprint density at radius 1 is 1.00 bits per heavy atom. The third-order valence-electron chi connectivity index (χ3n) is 5.73. The van der Waals surface area contributed by atoms with Gasteiger partial charge in [0.05, 0.1) is 0 Å². The van der Waals surface area contributed by atoms with Crippen molar-refractivity contribution in [3.63, 3.8) is 0 Å². The number of nitrogens with one attached hydrogen (secondary N) is 1. The van der Waals surface area contributed by atoms with Crippen molar-refractivity contribution in [2.45, 2.75) is 39.0 Å². The second kappa shape index (κ2) is 9.25. The van der Waals surface area contributed by atoms with E-state index >= 15 is 0 Å². The summed E-state index contributed by atoms with van der Waals surface area (Å²) in [7, 11) is 0. The maximum Gasteiger partial charge on any atom is 0.227 e. The topological polar surface area (TPSA) is 44.3 Å². The van der Waals surface area contributed by atoms with E-state index < -0.39 is 0 Å². The third kappa shape index (κ3) is 5.25. The van der Waals surface area contributed by atoms with E-state index in [0.29, 0.717) is 0 Å². The Morgan fingerprint density at radius 2 is 1.76 bits per heavy atom. The lowest BCUT2D eigenvalue weighted by atomic mass is 9.97. The van der Waals surface area contributed by atoms with E-state index in [9.17, 15) is 4.39 Å². The Morgan fingerprint density at radius 3 is 2.48 bits per heavy atom. The van der Waals surface area contributed by atoms with Gasteiger partial charge in [-0.05, 0) is 63.3 Å². The first kappa shape index (κ1) is 19.7. The SMILES string of the molecule is Cc1cc(NCCC2=CCCCC2)nc(N2CCN(c3ccc(F)cc3)CC2)n1. The third-order valence-corrected chi connectivity index (χ3v) is 5.73. The van der Waals surface area contributed by atoms with E-state index in [1.165, 1.54) is 37.8 Å². The van der Waals surface area contributed by atoms with Crippen LogP contribution in [0.3, 0.4) is 0 Å². The molecule has 0 atom stereocenters. The van der Waals surface area contributed by atoms with Gasteiger partial charge >= 0.3 is 0 Å². The van der Waals surface area contributed by atoms with Crippen molar-refractivity contribution >= 4 is 17.5 Å². The number of hydrogen-bond donors (Lipinski definition) is 1. The van der Waals surface area contributed by atoms with Gasteiger partial charge < -0.3 is 15.1 Å². The van der Waals surface area contributed by atoms with Gasteiger partial charge in [-0.1, -0.05) is 11.6 Å². The zero-order valence-corrected chi connectivity index (χ0v) is 17.2. The van der Waals surface area contributed by atoms with Gasteiger partial charge in [0.25, 0.3) is 0 Å². The molecule has 1 aromatic heterocycles. The number of halogens is 1. The van der Waals surface area contributed by atoms with Crippen LogP contribution >= 0.6 is 0 Å². The highest BCUT2D eigenvalue weighted by molar-refractivity contribution is 5.49. The predicted octanol–water partition coefficient (Wildman–Crippen LogP) is 4.55. The Balaban J connectivity index is 1.34. The van der Waals surface area contributed by atoms with Crippen LogP contribution in [0.25, 0.3) is 0 Å². The lowest BCUT2D eigenvalue weighted by molar-refractivity contribution is 0.623. The molecule has 0 saturated carbocycles. The minimum Gasteiger partial charge on any atom is -0.370 e. The van der Waals surface area contributed by atoms with Gasteiger partial charge in [0.1, 0.15) is 11.6 Å². The number of nitrogens with zero attached hydrogens (tertiary/aromatic N) is 4. The Hall–Kier alpha value is -2.63. The number of allylic oxidation sites excluding steroid dienone is 1. The molecule has 1 fully saturated rings. The maximum atomic E-state index is 13.2. The van der Waals surface area contributed by atoms with Crippen molar-refractivity contribution in [3.8, 4) is 0 Å². The highest BCUT2D eigenvalue weighted by atomic mass is 19.1. The summed E-state index contributed by atoms with van der Waals surface area (Å²) in [6.45, 7) is 6.40. The number of rotatable bonds is 6. The van der Waals surface area contributed by atoms with Crippen LogP contribution in [0.15, 0.2) is 42.0 Å². The Labute approximate surface area is 172 Å². The first-order valence-electron chi connectivity index (χ1n) is 10.7. The van der Waals surface area contributed by atoms with Crippen LogP contribution in [-0.4, -0.2) is 42.7 Å². The van der Waals surface area contributed by atoms with Gasteiger partial charge in [-0.3, -0.25) is 0 Å². The molecular weight excluding hydrogens is 365 g/mol. The second-order valence-corrected chi connectivity index (χ2v) is 7.93. The summed E-state index contributed by atoms with van der Waals surface area (Å²) in [5.41, 5.74) is 3.62. The van der Waals surface area contributed by atoms with Crippen molar-refractivity contribution in [2.24, 2.45) is 0 Å². The zero-order chi connectivity index (χ0) is 20.1. The van der Waals surface area contributed by atoms with Gasteiger partial charge in [-0.25, -0.2) is 9.37 Å². The molecular formula is C23H30FN5. The van der Waals surface area contributed by atoms with Gasteiger partial charge in [-0.2, -0.15) is 4.98 Å². The molecule has 2 aromatic rings. The highest BCUT2D eigenvalue weighted by Crippen LogP contribution is 2.22. The molecule has 0 spiro atoms. The number of benzene rings is 1. The van der Waals surface area contributed by atoms with E-state index in [4.69, 9.17) is 4.98 Å². The molecule has 0 radical (unpaired) electrons. The van der Waals surface area contributed by atoms with Gasteiger partial charge in [-0.15, -0.1) is 0 Å². The summed E-state index contributed by atoms with van der Waals surface area (Å²) in [6, 6.07) is 8.75. The molecule has 1 aromatic carbocycles. The summed E-state index contributed by atoms with van der Waals surface area (Å²) in [6.07, 6.45) is 8.63. The van der Waals surface area contributed by atoms with Crippen LogP contribution in [-0.2, 0) is 0 Å². The second-order valence-electron chi connectivity index (χ2n) is 7.93. The normalized spacial score (nSPS) is 17.2. The summed E-state index contributed by atoms with van der Waals surface area (Å²) in [5, 5.41) is 3.49. The largest absolute Gasteiger partial charge is 0.370 e. The number of aryl methyl sites for hydroxylation is 1. The van der Waals surface area contributed by atoms with Crippen LogP contribution in [0.5, 0.6) is 0 Å². The van der Waals surface area contributed by atoms with Crippen molar-refractivity contribution < 1.29 is 4.39 Å². The fourth-order valence-electron chi connectivity index (χ4n) is 4.08. The minimum atomic E-state index is -0.194. The quantitative estimate of drug-likeness (QED) is 0.727. The zero-order valence-electron chi connectivity index (χ0n) is 17.2. The minimum absolute atomic E-state index is 0.194. The standard InChI is InChI=1S/C23H30FN5/c1-18-17-22(25-12-11-19-5-3-2-4-6-19)27-23(26-18)29-15-13-28(14-16-29)21-9-7-20(24)8-10-21/h5,7-10,17H,2-4,6,11-16H2,1H3,(H,25,26,27). The molecule has 154 valence electrons. The fourth-order valence-corrected chi connectivity index (χ4v) is 4.08. The van der Waals surface area contributed by atoms with Crippen LogP contribution < -0.4 is 15.1 Å². The Bertz CT molecular complexity index is 841. The van der Waals surface area contributed by atoms with E-state index in [-0.39, 0.29) is 5.82 Å². The molecule has 0 bridgehead atoms. The smallest absolute Gasteiger partial charge is 0.227 e. The van der Waals surface area contributed by atoms with Crippen molar-refractivity contribution in [1.29, 1.82) is 0 Å². The van der Waals surface area contributed by atoms with Crippen LogP contribution in [0.2, 0.25) is 0 Å². The highest BCUT2D eigenvalue weighted by Gasteiger charge is 2.20. The molecule has 4 rings (SSSR count). The first-order valence-corrected chi connectivity index (χ1v) is 10.7. The van der Waals surface area contributed by atoms with E-state index in [1.807, 2.05) is 25.1 Å². The summed E-state index contributed by atoms with van der Waals surface area (Å²) < 4.78 is 13.2. The van der Waals surface area contributed by atoms with Crippen molar-refractivity contribution in [2.75, 3.05) is 47.8 Å². The lowest BCUT2D eigenvalue weighted by Crippen LogP contribution is -2.47. The average Bonchev–Trinajstić information content (AvgIpc) is 2.75.